The van der Waals surface area contributed by atoms with E-state index in [0.29, 0.717) is 28.9 Å². The Labute approximate surface area is 257 Å². The molecule has 0 spiro atoms. The number of nitrogens with one attached hydrogen (secondary N) is 1. The molecule has 1 saturated heterocycles. The van der Waals surface area contributed by atoms with Gasteiger partial charge in [-0.05, 0) is 50.6 Å². The second-order valence-electron chi connectivity index (χ2n) is 12.1. The SMILES string of the molecule is COc1cc(-c2cc3cc(CN4CCC(OC)(OC)CC4)ccc3n2C(=O)OC(C)(C)C)c2c(c1OS(C)(=O)=O)CNC2=O. The zero-order chi connectivity index (χ0) is 32.0. The molecule has 238 valence electrons. The quantitative estimate of drug-likeness (QED) is 0.284. The molecule has 12 nitrogen and oxygen atoms in total. The molecule has 0 aliphatic carbocycles. The van der Waals surface area contributed by atoms with E-state index in [0.717, 1.165) is 43.1 Å². The van der Waals surface area contributed by atoms with E-state index >= 15 is 0 Å². The lowest BCUT2D eigenvalue weighted by Crippen LogP contribution is -2.46. The molecule has 1 N–H and O–H groups in total. The fourth-order valence-electron chi connectivity index (χ4n) is 5.84. The third kappa shape index (κ3) is 6.27. The molecule has 0 radical (unpaired) electrons. The number of ether oxygens (including phenoxy) is 4. The number of likely N-dealkylation sites (tertiary alicyclic amines) is 1. The summed E-state index contributed by atoms with van der Waals surface area (Å²) in [6, 6.07) is 9.22. The number of methoxy groups -OCH3 is 3. The van der Waals surface area contributed by atoms with Gasteiger partial charge in [-0.15, -0.1) is 0 Å². The van der Waals surface area contributed by atoms with Crippen LogP contribution in [0.25, 0.3) is 22.2 Å². The maximum Gasteiger partial charge on any atom is 0.419 e. The fraction of sp³-hybridized carbons (Fsp3) is 0.484. The van der Waals surface area contributed by atoms with Gasteiger partial charge in [-0.2, -0.15) is 8.42 Å². The van der Waals surface area contributed by atoms with E-state index in [9.17, 15) is 18.0 Å². The molecule has 0 bridgehead atoms. The van der Waals surface area contributed by atoms with E-state index in [1.165, 1.54) is 17.7 Å². The van der Waals surface area contributed by atoms with E-state index in [-0.39, 0.29) is 23.6 Å². The molecule has 0 atom stereocenters. The number of hydrogen-bond acceptors (Lipinski definition) is 10. The van der Waals surface area contributed by atoms with Crippen LogP contribution in [0.3, 0.4) is 0 Å². The molecule has 3 heterocycles. The minimum atomic E-state index is -3.93. The standard InChI is InChI=1S/C31H39N3O9S/c1-30(2,3)42-29(36)34-23-9-8-19(18-33-12-10-31(40-5,41-6)11-13-33)14-20(23)15-24(34)21-16-25(39-4)27(43-44(7,37)38)22-17-32-28(35)26(21)22/h8-9,14-16H,10-13,17-18H2,1-7H3,(H,32,35). The van der Waals surface area contributed by atoms with Crippen LogP contribution < -0.4 is 14.2 Å². The molecule has 1 fully saturated rings. The number of carbonyl (C=O) groups excluding carboxylic acids is 2. The lowest BCUT2D eigenvalue weighted by Gasteiger charge is -2.39. The average molecular weight is 630 g/mol. The van der Waals surface area contributed by atoms with Crippen molar-refractivity contribution in [2.24, 2.45) is 0 Å². The van der Waals surface area contributed by atoms with E-state index in [1.54, 1.807) is 35.0 Å². The van der Waals surface area contributed by atoms with Crippen LogP contribution in [0.1, 0.15) is 55.1 Å². The Balaban J connectivity index is 1.62. The zero-order valence-electron chi connectivity index (χ0n) is 26.1. The molecular weight excluding hydrogens is 590 g/mol. The van der Waals surface area contributed by atoms with Crippen molar-refractivity contribution in [1.29, 1.82) is 0 Å². The molecule has 3 aromatic rings. The molecule has 13 heteroatoms. The molecule has 2 aliphatic rings. The monoisotopic (exact) mass is 629 g/mol. The normalized spacial score (nSPS) is 16.9. The van der Waals surface area contributed by atoms with Gasteiger partial charge in [-0.25, -0.2) is 9.36 Å². The van der Waals surface area contributed by atoms with Crippen LogP contribution in [0.5, 0.6) is 11.5 Å². The molecule has 5 rings (SSSR count). The number of piperidine rings is 1. The molecule has 2 aromatic carbocycles. The van der Waals surface area contributed by atoms with Crippen LogP contribution >= 0.6 is 0 Å². The summed E-state index contributed by atoms with van der Waals surface area (Å²) in [6.07, 6.45) is 1.79. The van der Waals surface area contributed by atoms with Gasteiger partial charge in [-0.1, -0.05) is 6.07 Å². The van der Waals surface area contributed by atoms with Gasteiger partial charge < -0.3 is 28.4 Å². The van der Waals surface area contributed by atoms with Gasteiger partial charge in [0.1, 0.15) is 5.60 Å². The molecular formula is C31H39N3O9S. The van der Waals surface area contributed by atoms with Crippen LogP contribution in [0.15, 0.2) is 30.3 Å². The topological polar surface area (TPSA) is 135 Å². The van der Waals surface area contributed by atoms with Gasteiger partial charge in [0.05, 0.1) is 30.1 Å². The van der Waals surface area contributed by atoms with E-state index in [4.69, 9.17) is 23.1 Å². The lowest BCUT2D eigenvalue weighted by atomic mass is 9.98. The number of aromatic nitrogens is 1. The van der Waals surface area contributed by atoms with Crippen LogP contribution in [-0.2, 0) is 37.4 Å². The van der Waals surface area contributed by atoms with Gasteiger partial charge in [0, 0.05) is 69.8 Å². The summed E-state index contributed by atoms with van der Waals surface area (Å²) < 4.78 is 53.4. The summed E-state index contributed by atoms with van der Waals surface area (Å²) in [7, 11) is 0.783. The maximum absolute atomic E-state index is 13.7. The molecule has 1 amide bonds. The van der Waals surface area contributed by atoms with E-state index in [1.807, 2.05) is 24.3 Å². The van der Waals surface area contributed by atoms with Crippen LogP contribution in [0.2, 0.25) is 0 Å². The summed E-state index contributed by atoms with van der Waals surface area (Å²) in [5.74, 6) is -0.946. The Morgan fingerprint density at radius 2 is 1.73 bits per heavy atom. The molecule has 44 heavy (non-hydrogen) atoms. The number of fused-ring (bicyclic) bond motifs is 2. The minimum absolute atomic E-state index is 0.0310. The average Bonchev–Trinajstić information content (AvgIpc) is 3.53. The number of benzene rings is 2. The summed E-state index contributed by atoms with van der Waals surface area (Å²) in [5.41, 5.74) is 2.15. The second-order valence-corrected chi connectivity index (χ2v) is 13.7. The summed E-state index contributed by atoms with van der Waals surface area (Å²) >= 11 is 0. The van der Waals surface area contributed by atoms with Gasteiger partial charge in [0.25, 0.3) is 5.91 Å². The second kappa shape index (κ2) is 11.7. The molecule has 2 aliphatic heterocycles. The van der Waals surface area contributed by atoms with Crippen molar-refractivity contribution in [3.8, 4) is 22.8 Å². The first-order chi connectivity index (χ1) is 20.7. The van der Waals surface area contributed by atoms with Gasteiger partial charge in [0.2, 0.25) is 0 Å². The van der Waals surface area contributed by atoms with Crippen molar-refractivity contribution in [2.75, 3.05) is 40.7 Å². The first-order valence-electron chi connectivity index (χ1n) is 14.3. The zero-order valence-corrected chi connectivity index (χ0v) is 26.9. The number of nitrogens with zero attached hydrogens (tertiary/aromatic N) is 2. The molecule has 0 unspecified atom stereocenters. The Bertz CT molecular complexity index is 1710. The lowest BCUT2D eigenvalue weighted by molar-refractivity contribution is -0.229. The predicted molar refractivity (Wildman–Crippen MR) is 163 cm³/mol. The number of amides is 1. The van der Waals surface area contributed by atoms with Crippen molar-refractivity contribution in [1.82, 2.24) is 14.8 Å². The smallest absolute Gasteiger partial charge is 0.419 e. The van der Waals surface area contributed by atoms with Crippen LogP contribution in [0.4, 0.5) is 4.79 Å². The van der Waals surface area contributed by atoms with Crippen molar-refractivity contribution in [2.45, 2.75) is 58.1 Å². The third-order valence-corrected chi connectivity index (χ3v) is 8.41. The highest BCUT2D eigenvalue weighted by Gasteiger charge is 2.36. The first-order valence-corrected chi connectivity index (χ1v) is 16.1. The minimum Gasteiger partial charge on any atom is -0.493 e. The number of hydrogen-bond donors (Lipinski definition) is 1. The van der Waals surface area contributed by atoms with Crippen molar-refractivity contribution in [3.63, 3.8) is 0 Å². The Kier molecular flexibility index (Phi) is 8.44. The maximum atomic E-state index is 13.7. The summed E-state index contributed by atoms with van der Waals surface area (Å²) in [4.78, 5) is 29.2. The number of rotatable bonds is 8. The van der Waals surface area contributed by atoms with E-state index < -0.39 is 33.5 Å². The van der Waals surface area contributed by atoms with Crippen molar-refractivity contribution in [3.05, 3.63) is 47.0 Å². The van der Waals surface area contributed by atoms with Crippen LogP contribution in [0, 0.1) is 0 Å². The Hall–Kier alpha value is -3.65. The molecule has 1 aromatic heterocycles. The highest BCUT2D eigenvalue weighted by molar-refractivity contribution is 7.86. The highest BCUT2D eigenvalue weighted by atomic mass is 32.2. The number of carbonyl (C=O) groups is 2. The third-order valence-electron chi connectivity index (χ3n) is 7.94. The largest absolute Gasteiger partial charge is 0.493 e. The molecule has 0 saturated carbocycles. The van der Waals surface area contributed by atoms with Crippen molar-refractivity contribution >= 4 is 33.0 Å². The van der Waals surface area contributed by atoms with Crippen molar-refractivity contribution < 1.29 is 41.1 Å². The highest BCUT2D eigenvalue weighted by Crippen LogP contribution is 2.44. The Morgan fingerprint density at radius 3 is 2.32 bits per heavy atom. The Morgan fingerprint density at radius 1 is 1.05 bits per heavy atom. The van der Waals surface area contributed by atoms with Gasteiger partial charge >= 0.3 is 16.2 Å². The first kappa shape index (κ1) is 31.8. The van der Waals surface area contributed by atoms with Crippen LogP contribution in [-0.4, -0.2) is 81.9 Å². The summed E-state index contributed by atoms with van der Waals surface area (Å²) in [5, 5.41) is 3.51. The predicted octanol–water partition coefficient (Wildman–Crippen LogP) is 4.27. The van der Waals surface area contributed by atoms with E-state index in [2.05, 4.69) is 10.2 Å². The van der Waals surface area contributed by atoms with Gasteiger partial charge in [-0.3, -0.25) is 9.69 Å². The van der Waals surface area contributed by atoms with Gasteiger partial charge in [0.15, 0.2) is 17.3 Å². The fourth-order valence-corrected chi connectivity index (χ4v) is 6.33. The summed E-state index contributed by atoms with van der Waals surface area (Å²) in [6.45, 7) is 7.65.